The standard InChI is InChI=1S/C20H22N2O4/c1-13(2)18(23)25-10-11-26-19(24)14(12-21)17-20(3,4)15-8-6-7-9-16(15)22(17)5/h6-9H,1,10-11H2,2-5H3/b17-14+. The average molecular weight is 354 g/mol. The summed E-state index contributed by atoms with van der Waals surface area (Å²) in [6.07, 6.45) is 0. The summed E-state index contributed by atoms with van der Waals surface area (Å²) in [6, 6.07) is 9.74. The maximum atomic E-state index is 12.4. The summed E-state index contributed by atoms with van der Waals surface area (Å²) in [6.45, 7) is 8.70. The average Bonchev–Trinajstić information content (AvgIpc) is 2.80. The van der Waals surface area contributed by atoms with Gasteiger partial charge in [-0.25, -0.2) is 9.59 Å². The Labute approximate surface area is 153 Å². The van der Waals surface area contributed by atoms with Gasteiger partial charge in [0.25, 0.3) is 0 Å². The van der Waals surface area contributed by atoms with Crippen LogP contribution in [-0.4, -0.2) is 32.2 Å². The van der Waals surface area contributed by atoms with Crippen LogP contribution in [-0.2, 0) is 24.5 Å². The summed E-state index contributed by atoms with van der Waals surface area (Å²) in [5.41, 5.74) is 2.27. The summed E-state index contributed by atoms with van der Waals surface area (Å²) >= 11 is 0. The number of esters is 2. The normalized spacial score (nSPS) is 16.3. The monoisotopic (exact) mass is 354 g/mol. The highest BCUT2D eigenvalue weighted by molar-refractivity contribution is 5.96. The van der Waals surface area contributed by atoms with Crippen LogP contribution in [0.5, 0.6) is 0 Å². The molecule has 136 valence electrons. The number of hydrogen-bond acceptors (Lipinski definition) is 6. The molecule has 0 unspecified atom stereocenters. The van der Waals surface area contributed by atoms with Gasteiger partial charge in [0.15, 0.2) is 5.57 Å². The molecule has 1 aliphatic heterocycles. The zero-order chi connectivity index (χ0) is 19.5. The van der Waals surface area contributed by atoms with Gasteiger partial charge in [0, 0.05) is 23.7 Å². The number of carbonyl (C=O) groups is 2. The molecule has 0 spiro atoms. The van der Waals surface area contributed by atoms with Crippen LogP contribution in [0.1, 0.15) is 26.3 Å². The number of hydrogen-bond donors (Lipinski definition) is 0. The summed E-state index contributed by atoms with van der Waals surface area (Å²) in [4.78, 5) is 25.6. The van der Waals surface area contributed by atoms with Gasteiger partial charge in [-0.1, -0.05) is 38.6 Å². The van der Waals surface area contributed by atoms with E-state index in [4.69, 9.17) is 9.47 Å². The van der Waals surface area contributed by atoms with E-state index in [1.807, 2.05) is 56.1 Å². The largest absolute Gasteiger partial charge is 0.459 e. The Hall–Kier alpha value is -3.07. The first-order valence-corrected chi connectivity index (χ1v) is 8.19. The van der Waals surface area contributed by atoms with E-state index in [1.54, 1.807) is 0 Å². The number of anilines is 1. The van der Waals surface area contributed by atoms with Crippen LogP contribution in [0.4, 0.5) is 5.69 Å². The molecule has 1 aliphatic rings. The minimum atomic E-state index is -0.735. The van der Waals surface area contributed by atoms with Crippen molar-refractivity contribution in [2.75, 3.05) is 25.2 Å². The van der Waals surface area contributed by atoms with Crippen molar-refractivity contribution in [3.63, 3.8) is 0 Å². The topological polar surface area (TPSA) is 79.6 Å². The van der Waals surface area contributed by atoms with E-state index in [-0.39, 0.29) is 24.4 Å². The Kier molecular flexibility index (Phi) is 5.51. The first kappa shape index (κ1) is 19.3. The number of fused-ring (bicyclic) bond motifs is 1. The number of nitriles is 1. The molecule has 0 atom stereocenters. The first-order chi connectivity index (χ1) is 12.2. The van der Waals surface area contributed by atoms with Crippen LogP contribution in [0.3, 0.4) is 0 Å². The van der Waals surface area contributed by atoms with Gasteiger partial charge in [-0.05, 0) is 18.6 Å². The highest BCUT2D eigenvalue weighted by Crippen LogP contribution is 2.47. The van der Waals surface area contributed by atoms with Gasteiger partial charge in [-0.2, -0.15) is 5.26 Å². The van der Waals surface area contributed by atoms with Crippen molar-refractivity contribution < 1.29 is 19.1 Å². The first-order valence-electron chi connectivity index (χ1n) is 8.19. The van der Waals surface area contributed by atoms with E-state index in [0.717, 1.165) is 11.3 Å². The van der Waals surface area contributed by atoms with Crippen LogP contribution in [0.2, 0.25) is 0 Å². The molecule has 0 aliphatic carbocycles. The van der Waals surface area contributed by atoms with Crippen molar-refractivity contribution in [1.29, 1.82) is 5.26 Å². The maximum Gasteiger partial charge on any atom is 0.350 e. The lowest BCUT2D eigenvalue weighted by atomic mass is 9.82. The van der Waals surface area contributed by atoms with E-state index in [2.05, 4.69) is 6.58 Å². The molecule has 1 aromatic carbocycles. The Morgan fingerprint density at radius 2 is 1.77 bits per heavy atom. The Morgan fingerprint density at radius 1 is 1.19 bits per heavy atom. The molecule has 26 heavy (non-hydrogen) atoms. The fourth-order valence-corrected chi connectivity index (χ4v) is 3.10. The van der Waals surface area contributed by atoms with Crippen molar-refractivity contribution >= 4 is 17.6 Å². The second-order valence-electron chi connectivity index (χ2n) is 6.59. The van der Waals surface area contributed by atoms with Gasteiger partial charge in [-0.3, -0.25) is 0 Å². The van der Waals surface area contributed by atoms with E-state index in [9.17, 15) is 14.9 Å². The van der Waals surface area contributed by atoms with Crippen molar-refractivity contribution in [1.82, 2.24) is 0 Å². The number of para-hydroxylation sites is 1. The molecule has 0 radical (unpaired) electrons. The van der Waals surface area contributed by atoms with E-state index in [0.29, 0.717) is 5.70 Å². The van der Waals surface area contributed by atoms with Gasteiger partial charge in [0.1, 0.15) is 19.3 Å². The molecule has 6 nitrogen and oxygen atoms in total. The number of nitrogens with zero attached hydrogens (tertiary/aromatic N) is 2. The minimum absolute atomic E-state index is 0.0556. The molecule has 2 rings (SSSR count). The Balaban J connectivity index is 2.19. The lowest BCUT2D eigenvalue weighted by Gasteiger charge is -2.25. The van der Waals surface area contributed by atoms with E-state index in [1.165, 1.54) is 6.92 Å². The van der Waals surface area contributed by atoms with Crippen molar-refractivity contribution in [2.24, 2.45) is 0 Å². The number of allylic oxidation sites excluding steroid dienone is 1. The van der Waals surface area contributed by atoms with Gasteiger partial charge < -0.3 is 14.4 Å². The lowest BCUT2D eigenvalue weighted by Crippen LogP contribution is -2.28. The fraction of sp³-hybridized carbons (Fsp3) is 0.350. The molecular formula is C20H22N2O4. The Morgan fingerprint density at radius 3 is 2.31 bits per heavy atom. The molecule has 6 heteroatoms. The second kappa shape index (κ2) is 7.44. The summed E-state index contributed by atoms with van der Waals surface area (Å²) in [5, 5.41) is 9.57. The van der Waals surface area contributed by atoms with Crippen molar-refractivity contribution in [3.8, 4) is 6.07 Å². The van der Waals surface area contributed by atoms with E-state index >= 15 is 0 Å². The number of ether oxygens (including phenoxy) is 2. The lowest BCUT2D eigenvalue weighted by molar-refractivity contribution is -0.147. The molecule has 1 heterocycles. The predicted octanol–water partition coefficient (Wildman–Crippen LogP) is 2.85. The SMILES string of the molecule is C=C(C)C(=O)OCCOC(=O)/C(C#N)=C1/N(C)c2ccccc2C1(C)C. The quantitative estimate of drug-likeness (QED) is 0.350. The van der Waals surface area contributed by atoms with Crippen LogP contribution >= 0.6 is 0 Å². The second-order valence-corrected chi connectivity index (χ2v) is 6.59. The number of rotatable bonds is 5. The molecule has 0 saturated carbocycles. The maximum absolute atomic E-state index is 12.4. The highest BCUT2D eigenvalue weighted by atomic mass is 16.6. The van der Waals surface area contributed by atoms with Crippen LogP contribution in [0.25, 0.3) is 0 Å². The van der Waals surface area contributed by atoms with Crippen LogP contribution in [0.15, 0.2) is 47.7 Å². The highest BCUT2D eigenvalue weighted by Gasteiger charge is 2.42. The molecule has 0 fully saturated rings. The van der Waals surface area contributed by atoms with Gasteiger partial charge >= 0.3 is 11.9 Å². The molecular weight excluding hydrogens is 332 g/mol. The molecule has 0 saturated heterocycles. The third-order valence-corrected chi connectivity index (χ3v) is 4.32. The van der Waals surface area contributed by atoms with Crippen molar-refractivity contribution in [2.45, 2.75) is 26.2 Å². The molecule has 0 amide bonds. The number of carbonyl (C=O) groups excluding carboxylic acids is 2. The third-order valence-electron chi connectivity index (χ3n) is 4.32. The van der Waals surface area contributed by atoms with E-state index < -0.39 is 17.4 Å². The van der Waals surface area contributed by atoms with Gasteiger partial charge in [0.2, 0.25) is 0 Å². The van der Waals surface area contributed by atoms with Crippen LogP contribution in [0, 0.1) is 11.3 Å². The molecule has 0 aromatic heterocycles. The smallest absolute Gasteiger partial charge is 0.350 e. The zero-order valence-electron chi connectivity index (χ0n) is 15.5. The third kappa shape index (κ3) is 3.47. The summed E-state index contributed by atoms with van der Waals surface area (Å²) < 4.78 is 10.0. The molecule has 1 aromatic rings. The molecule has 0 N–H and O–H groups in total. The van der Waals surface area contributed by atoms with Crippen LogP contribution < -0.4 is 4.90 Å². The summed E-state index contributed by atoms with van der Waals surface area (Å²) in [5.74, 6) is -1.28. The summed E-state index contributed by atoms with van der Waals surface area (Å²) in [7, 11) is 1.82. The van der Waals surface area contributed by atoms with Gasteiger partial charge in [0.05, 0.1) is 5.70 Å². The Bertz CT molecular complexity index is 830. The number of benzene rings is 1. The number of likely N-dealkylation sites (N-methyl/N-ethyl adjacent to an activating group) is 1. The zero-order valence-corrected chi connectivity index (χ0v) is 15.5. The molecule has 0 bridgehead atoms. The minimum Gasteiger partial charge on any atom is -0.459 e. The van der Waals surface area contributed by atoms with Gasteiger partial charge in [-0.15, -0.1) is 0 Å². The predicted molar refractivity (Wildman–Crippen MR) is 97.2 cm³/mol. The van der Waals surface area contributed by atoms with Crippen molar-refractivity contribution in [3.05, 3.63) is 53.3 Å². The fourth-order valence-electron chi connectivity index (χ4n) is 3.10.